The van der Waals surface area contributed by atoms with Crippen molar-refractivity contribution < 1.29 is 9.59 Å². The summed E-state index contributed by atoms with van der Waals surface area (Å²) in [6.07, 6.45) is 1.16. The molecule has 1 aliphatic heterocycles. The van der Waals surface area contributed by atoms with Crippen molar-refractivity contribution in [2.45, 2.75) is 20.3 Å². The first-order valence-corrected chi connectivity index (χ1v) is 8.62. The van der Waals surface area contributed by atoms with E-state index in [9.17, 15) is 9.59 Å². The summed E-state index contributed by atoms with van der Waals surface area (Å²) >= 11 is 0. The second-order valence-electron chi connectivity index (χ2n) is 7.26. The highest BCUT2D eigenvalue weighted by Crippen LogP contribution is 2.39. The number of hydrogen-bond donors (Lipinski definition) is 0. The number of ketones is 1. The van der Waals surface area contributed by atoms with E-state index in [2.05, 4.69) is 13.8 Å². The average Bonchev–Trinajstić information content (AvgIpc) is 2.87. The highest BCUT2D eigenvalue weighted by Gasteiger charge is 2.33. The van der Waals surface area contributed by atoms with E-state index in [4.69, 9.17) is 0 Å². The van der Waals surface area contributed by atoms with Crippen molar-refractivity contribution in [1.29, 1.82) is 0 Å². The number of piperidine rings is 1. The Labute approximate surface area is 142 Å². The minimum atomic E-state index is 0.0237. The van der Waals surface area contributed by atoms with Gasteiger partial charge in [-0.2, -0.15) is 0 Å². The van der Waals surface area contributed by atoms with Crippen LogP contribution in [0.5, 0.6) is 0 Å². The Hall–Kier alpha value is -2.42. The zero-order valence-corrected chi connectivity index (χ0v) is 14.1. The van der Waals surface area contributed by atoms with Gasteiger partial charge >= 0.3 is 0 Å². The standard InChI is InChI=1S/C21H21NO2/c1-13-10-14(2)12-22(11-13)21(24)18-9-5-8-17-19(18)15-6-3-4-7-16(15)20(17)23/h3-9,13-14H,10-12H2,1-2H3/t13-,14+. The molecule has 1 aliphatic carbocycles. The Bertz CT molecular complexity index is 829. The molecule has 1 saturated heterocycles. The third kappa shape index (κ3) is 2.27. The van der Waals surface area contributed by atoms with Crippen LogP contribution in [0.25, 0.3) is 11.1 Å². The van der Waals surface area contributed by atoms with E-state index in [1.54, 1.807) is 0 Å². The van der Waals surface area contributed by atoms with Crippen LogP contribution in [0.4, 0.5) is 0 Å². The fourth-order valence-electron chi connectivity index (χ4n) is 4.25. The van der Waals surface area contributed by atoms with Crippen LogP contribution in [0.1, 0.15) is 46.5 Å². The zero-order chi connectivity index (χ0) is 16.8. The van der Waals surface area contributed by atoms with E-state index >= 15 is 0 Å². The van der Waals surface area contributed by atoms with Gasteiger partial charge in [-0.25, -0.2) is 0 Å². The lowest BCUT2D eigenvalue weighted by Crippen LogP contribution is -2.42. The number of amides is 1. The van der Waals surface area contributed by atoms with Crippen LogP contribution in [0.3, 0.4) is 0 Å². The monoisotopic (exact) mass is 319 g/mol. The molecule has 1 heterocycles. The second kappa shape index (κ2) is 5.59. The normalized spacial score (nSPS) is 22.2. The van der Waals surface area contributed by atoms with Gasteiger partial charge in [0.05, 0.1) is 0 Å². The fourth-order valence-corrected chi connectivity index (χ4v) is 4.25. The summed E-state index contributed by atoms with van der Waals surface area (Å²) in [5.41, 5.74) is 3.72. The SMILES string of the molecule is C[C@@H]1C[C@H](C)CN(C(=O)c2cccc3c2-c2ccccc2C3=O)C1. The molecule has 2 aromatic rings. The lowest BCUT2D eigenvalue weighted by Gasteiger charge is -2.35. The van der Waals surface area contributed by atoms with E-state index in [-0.39, 0.29) is 11.7 Å². The predicted molar refractivity (Wildman–Crippen MR) is 94.2 cm³/mol. The number of nitrogens with zero attached hydrogens (tertiary/aromatic N) is 1. The van der Waals surface area contributed by atoms with Crippen LogP contribution in [0, 0.1) is 11.8 Å². The van der Waals surface area contributed by atoms with E-state index in [0.29, 0.717) is 28.5 Å². The Morgan fingerprint density at radius 1 is 0.917 bits per heavy atom. The lowest BCUT2D eigenvalue weighted by molar-refractivity contribution is 0.0624. The Morgan fingerprint density at radius 2 is 1.54 bits per heavy atom. The maximum atomic E-state index is 13.2. The van der Waals surface area contributed by atoms with Crippen LogP contribution in [0.2, 0.25) is 0 Å². The van der Waals surface area contributed by atoms with Crippen molar-refractivity contribution in [1.82, 2.24) is 4.90 Å². The maximum Gasteiger partial charge on any atom is 0.254 e. The molecule has 1 amide bonds. The van der Waals surface area contributed by atoms with Crippen LogP contribution < -0.4 is 0 Å². The Balaban J connectivity index is 1.80. The van der Waals surface area contributed by atoms with Gasteiger partial charge in [0.25, 0.3) is 5.91 Å². The number of rotatable bonds is 1. The smallest absolute Gasteiger partial charge is 0.254 e. The minimum Gasteiger partial charge on any atom is -0.338 e. The van der Waals surface area contributed by atoms with Crippen molar-refractivity contribution in [3.8, 4) is 11.1 Å². The largest absolute Gasteiger partial charge is 0.338 e. The van der Waals surface area contributed by atoms with Gasteiger partial charge in [0.15, 0.2) is 5.78 Å². The number of benzene rings is 2. The molecule has 24 heavy (non-hydrogen) atoms. The Kier molecular flexibility index (Phi) is 3.52. The van der Waals surface area contributed by atoms with Crippen LogP contribution in [-0.4, -0.2) is 29.7 Å². The fraction of sp³-hybridized carbons (Fsp3) is 0.333. The quantitative estimate of drug-likeness (QED) is 0.679. The number of likely N-dealkylation sites (tertiary alicyclic amines) is 1. The summed E-state index contributed by atoms with van der Waals surface area (Å²) < 4.78 is 0. The topological polar surface area (TPSA) is 37.4 Å². The average molecular weight is 319 g/mol. The van der Waals surface area contributed by atoms with Crippen LogP contribution >= 0.6 is 0 Å². The highest BCUT2D eigenvalue weighted by atomic mass is 16.2. The summed E-state index contributed by atoms with van der Waals surface area (Å²) in [5.74, 6) is 1.11. The molecule has 2 atom stereocenters. The molecular formula is C21H21NO2. The first-order valence-electron chi connectivity index (χ1n) is 8.62. The van der Waals surface area contributed by atoms with Crippen molar-refractivity contribution in [3.63, 3.8) is 0 Å². The molecule has 0 radical (unpaired) electrons. The maximum absolute atomic E-state index is 13.2. The number of hydrogen-bond acceptors (Lipinski definition) is 2. The summed E-state index contributed by atoms with van der Waals surface area (Å²) in [6.45, 7) is 5.99. The molecular weight excluding hydrogens is 298 g/mol. The third-order valence-electron chi connectivity index (χ3n) is 5.14. The molecule has 0 aromatic heterocycles. The number of fused-ring (bicyclic) bond motifs is 3. The molecule has 1 fully saturated rings. The van der Waals surface area contributed by atoms with Crippen LogP contribution in [0.15, 0.2) is 42.5 Å². The summed E-state index contributed by atoms with van der Waals surface area (Å²) in [4.78, 5) is 27.8. The van der Waals surface area contributed by atoms with Gasteiger partial charge in [0, 0.05) is 35.3 Å². The molecule has 0 N–H and O–H groups in total. The van der Waals surface area contributed by atoms with Gasteiger partial charge in [-0.1, -0.05) is 50.2 Å². The van der Waals surface area contributed by atoms with Gasteiger partial charge < -0.3 is 4.90 Å². The molecule has 3 heteroatoms. The van der Waals surface area contributed by atoms with Crippen molar-refractivity contribution in [2.24, 2.45) is 11.8 Å². The van der Waals surface area contributed by atoms with E-state index in [1.807, 2.05) is 47.4 Å². The molecule has 0 spiro atoms. The van der Waals surface area contributed by atoms with Gasteiger partial charge in [0.1, 0.15) is 0 Å². The second-order valence-corrected chi connectivity index (χ2v) is 7.26. The molecule has 122 valence electrons. The molecule has 4 rings (SSSR count). The summed E-state index contributed by atoms with van der Waals surface area (Å²) in [7, 11) is 0. The first kappa shape index (κ1) is 15.1. The van der Waals surface area contributed by atoms with Gasteiger partial charge in [-0.05, 0) is 29.9 Å². The van der Waals surface area contributed by atoms with E-state index in [0.717, 1.165) is 30.6 Å². The molecule has 2 aliphatic rings. The molecule has 2 aromatic carbocycles. The molecule has 0 unspecified atom stereocenters. The van der Waals surface area contributed by atoms with Crippen molar-refractivity contribution in [3.05, 3.63) is 59.2 Å². The third-order valence-corrected chi connectivity index (χ3v) is 5.14. The summed E-state index contributed by atoms with van der Waals surface area (Å²) in [6, 6.07) is 13.1. The molecule has 0 bridgehead atoms. The summed E-state index contributed by atoms with van der Waals surface area (Å²) in [5, 5.41) is 0. The van der Waals surface area contributed by atoms with Gasteiger partial charge in [-0.15, -0.1) is 0 Å². The van der Waals surface area contributed by atoms with E-state index in [1.165, 1.54) is 0 Å². The van der Waals surface area contributed by atoms with Gasteiger partial charge in [0.2, 0.25) is 0 Å². The van der Waals surface area contributed by atoms with Crippen molar-refractivity contribution in [2.75, 3.05) is 13.1 Å². The van der Waals surface area contributed by atoms with Crippen molar-refractivity contribution >= 4 is 11.7 Å². The molecule has 3 nitrogen and oxygen atoms in total. The van der Waals surface area contributed by atoms with Crippen LogP contribution in [-0.2, 0) is 0 Å². The number of carbonyl (C=O) groups excluding carboxylic acids is 2. The first-order chi connectivity index (χ1) is 11.6. The highest BCUT2D eigenvalue weighted by molar-refractivity contribution is 6.24. The predicted octanol–water partition coefficient (Wildman–Crippen LogP) is 4.02. The Morgan fingerprint density at radius 3 is 2.25 bits per heavy atom. The zero-order valence-electron chi connectivity index (χ0n) is 14.1. The van der Waals surface area contributed by atoms with Gasteiger partial charge in [-0.3, -0.25) is 9.59 Å². The molecule has 0 saturated carbocycles. The lowest BCUT2D eigenvalue weighted by atomic mass is 9.90. The number of carbonyl (C=O) groups is 2. The minimum absolute atomic E-state index is 0.0237. The van der Waals surface area contributed by atoms with E-state index < -0.39 is 0 Å².